The molecule has 4 rings (SSSR count). The standard InChI is InChI=1S/C19H25F5O8S/c1-2-30-15(26)18(19(22,23)24,31-4-3-17(20,21)33(27,28)29)32-14(25)16-8-11-5-12(9-16)7-13(6-11)10-16/h11-13H,2-10H2,1H3,(H,27,28,29). The quantitative estimate of drug-likeness (QED) is 0.218. The van der Waals surface area contributed by atoms with E-state index in [-0.39, 0.29) is 37.0 Å². The van der Waals surface area contributed by atoms with E-state index in [0.717, 1.165) is 19.3 Å². The van der Waals surface area contributed by atoms with Gasteiger partial charge in [0, 0.05) is 0 Å². The topological polar surface area (TPSA) is 116 Å². The zero-order chi connectivity index (χ0) is 24.9. The van der Waals surface area contributed by atoms with Crippen molar-refractivity contribution < 1.29 is 58.7 Å². The number of halogens is 5. The first-order chi connectivity index (χ1) is 15.1. The molecule has 0 aromatic heterocycles. The molecule has 14 heteroatoms. The van der Waals surface area contributed by atoms with Crippen molar-refractivity contribution in [3.05, 3.63) is 0 Å². The van der Waals surface area contributed by atoms with Crippen LogP contribution in [0.5, 0.6) is 0 Å². The van der Waals surface area contributed by atoms with Crippen LogP contribution in [0.2, 0.25) is 0 Å². The molecule has 0 aliphatic heterocycles. The summed E-state index contributed by atoms with van der Waals surface area (Å²) in [7, 11) is -5.96. The molecule has 4 bridgehead atoms. The lowest BCUT2D eigenvalue weighted by Crippen LogP contribution is -2.61. The van der Waals surface area contributed by atoms with Crippen molar-refractivity contribution in [2.45, 2.75) is 69.1 Å². The molecule has 0 heterocycles. The second kappa shape index (κ2) is 8.59. The van der Waals surface area contributed by atoms with E-state index in [2.05, 4.69) is 14.2 Å². The number of esters is 2. The van der Waals surface area contributed by atoms with E-state index in [9.17, 15) is 40.0 Å². The molecule has 0 amide bonds. The Bertz CT molecular complexity index is 852. The van der Waals surface area contributed by atoms with Gasteiger partial charge in [-0.15, -0.1) is 0 Å². The maximum Gasteiger partial charge on any atom is 0.468 e. The molecule has 1 N–H and O–H groups in total. The molecule has 4 saturated carbocycles. The molecule has 8 nitrogen and oxygen atoms in total. The second-order valence-electron chi connectivity index (χ2n) is 9.13. The molecule has 1 unspecified atom stereocenters. The summed E-state index contributed by atoms with van der Waals surface area (Å²) < 4.78 is 113. The number of ether oxygens (including phenoxy) is 3. The van der Waals surface area contributed by atoms with Crippen molar-refractivity contribution in [1.82, 2.24) is 0 Å². The zero-order valence-electron chi connectivity index (χ0n) is 17.7. The van der Waals surface area contributed by atoms with Crippen LogP contribution >= 0.6 is 0 Å². The van der Waals surface area contributed by atoms with Gasteiger partial charge in [0.05, 0.1) is 25.0 Å². The van der Waals surface area contributed by atoms with Crippen LogP contribution in [0.15, 0.2) is 0 Å². The molecule has 190 valence electrons. The summed E-state index contributed by atoms with van der Waals surface area (Å²) in [5.74, 6) is -7.44. The third-order valence-corrected chi connectivity index (χ3v) is 7.66. The highest BCUT2D eigenvalue weighted by atomic mass is 32.2. The van der Waals surface area contributed by atoms with E-state index in [1.54, 1.807) is 0 Å². The average molecular weight is 508 g/mol. The fourth-order valence-corrected chi connectivity index (χ4v) is 5.99. The van der Waals surface area contributed by atoms with Crippen LogP contribution in [0, 0.1) is 23.2 Å². The molecule has 4 aliphatic carbocycles. The molecule has 4 aliphatic rings. The Morgan fingerprint density at radius 2 is 1.48 bits per heavy atom. The van der Waals surface area contributed by atoms with Crippen molar-refractivity contribution in [2.75, 3.05) is 13.2 Å². The summed E-state index contributed by atoms with van der Waals surface area (Å²) >= 11 is 0. The van der Waals surface area contributed by atoms with Gasteiger partial charge < -0.3 is 14.2 Å². The van der Waals surface area contributed by atoms with E-state index in [0.29, 0.717) is 0 Å². The minimum absolute atomic E-state index is 0.140. The lowest BCUT2D eigenvalue weighted by Gasteiger charge is -2.55. The molecular weight excluding hydrogens is 483 g/mol. The third-order valence-electron chi connectivity index (χ3n) is 6.70. The van der Waals surface area contributed by atoms with Crippen LogP contribution in [-0.2, 0) is 33.9 Å². The SMILES string of the molecule is CCOC(=O)C(OCCC(F)(F)S(=O)(=O)O)(OC(=O)C12CC3CC(CC(C3)C1)C2)C(F)(F)F. The number of carbonyl (C=O) groups is 2. The van der Waals surface area contributed by atoms with Crippen molar-refractivity contribution >= 4 is 22.1 Å². The molecule has 4 fully saturated rings. The van der Waals surface area contributed by atoms with E-state index in [1.165, 1.54) is 6.92 Å². The molecule has 0 aromatic rings. The van der Waals surface area contributed by atoms with Gasteiger partial charge >= 0.3 is 39.3 Å². The normalized spacial score (nSPS) is 31.2. The van der Waals surface area contributed by atoms with Gasteiger partial charge in [-0.1, -0.05) is 0 Å². The monoisotopic (exact) mass is 508 g/mol. The first-order valence-electron chi connectivity index (χ1n) is 10.5. The summed E-state index contributed by atoms with van der Waals surface area (Å²) in [6, 6.07) is 0. The maximum absolute atomic E-state index is 14.1. The average Bonchev–Trinajstić information content (AvgIpc) is 2.64. The van der Waals surface area contributed by atoms with Gasteiger partial charge in [-0.05, 0) is 63.2 Å². The minimum Gasteiger partial charge on any atom is -0.461 e. The minimum atomic E-state index is -5.96. The molecule has 0 radical (unpaired) electrons. The van der Waals surface area contributed by atoms with E-state index in [1.807, 2.05) is 0 Å². The molecule has 33 heavy (non-hydrogen) atoms. The predicted octanol–water partition coefficient (Wildman–Crippen LogP) is 3.46. The lowest BCUT2D eigenvalue weighted by molar-refractivity contribution is -0.360. The van der Waals surface area contributed by atoms with Crippen LogP contribution in [0.25, 0.3) is 0 Å². The molecule has 0 aromatic carbocycles. The van der Waals surface area contributed by atoms with E-state index >= 15 is 0 Å². The summed E-state index contributed by atoms with van der Waals surface area (Å²) in [5.41, 5.74) is -1.25. The highest BCUT2D eigenvalue weighted by Gasteiger charge is 2.69. The van der Waals surface area contributed by atoms with Gasteiger partial charge in [0.25, 0.3) is 0 Å². The van der Waals surface area contributed by atoms with Crippen LogP contribution in [0.3, 0.4) is 0 Å². The largest absolute Gasteiger partial charge is 0.468 e. The molecule has 1 atom stereocenters. The van der Waals surface area contributed by atoms with Crippen molar-refractivity contribution in [3.63, 3.8) is 0 Å². The third kappa shape index (κ3) is 4.83. The second-order valence-corrected chi connectivity index (χ2v) is 10.7. The highest BCUT2D eigenvalue weighted by Crippen LogP contribution is 2.61. The smallest absolute Gasteiger partial charge is 0.461 e. The molecule has 0 spiro atoms. The van der Waals surface area contributed by atoms with Gasteiger partial charge in [-0.25, -0.2) is 4.79 Å². The Labute approximate surface area is 186 Å². The first kappa shape index (κ1) is 26.1. The summed E-state index contributed by atoms with van der Waals surface area (Å²) in [5, 5.41) is -4.86. The van der Waals surface area contributed by atoms with Crippen LogP contribution in [-0.4, -0.2) is 55.3 Å². The van der Waals surface area contributed by atoms with Gasteiger partial charge in [-0.3, -0.25) is 9.35 Å². The van der Waals surface area contributed by atoms with Gasteiger partial charge in [0.2, 0.25) is 0 Å². The van der Waals surface area contributed by atoms with Crippen LogP contribution in [0.1, 0.15) is 51.9 Å². The Balaban J connectivity index is 1.88. The first-order valence-corrected chi connectivity index (χ1v) is 12.0. The Morgan fingerprint density at radius 3 is 1.88 bits per heavy atom. The summed E-state index contributed by atoms with van der Waals surface area (Å²) in [6.07, 6.45) is -4.23. The lowest BCUT2D eigenvalue weighted by atomic mass is 9.49. The van der Waals surface area contributed by atoms with Gasteiger partial charge in [-0.2, -0.15) is 30.4 Å². The summed E-state index contributed by atoms with van der Waals surface area (Å²) in [4.78, 5) is 25.4. The fourth-order valence-electron chi connectivity index (χ4n) is 5.65. The van der Waals surface area contributed by atoms with Crippen molar-refractivity contribution in [3.8, 4) is 0 Å². The zero-order valence-corrected chi connectivity index (χ0v) is 18.5. The Morgan fingerprint density at radius 1 is 1.00 bits per heavy atom. The van der Waals surface area contributed by atoms with Crippen LogP contribution < -0.4 is 0 Å². The maximum atomic E-state index is 14.1. The van der Waals surface area contributed by atoms with E-state index in [4.69, 9.17) is 4.55 Å². The van der Waals surface area contributed by atoms with E-state index < -0.39 is 64.3 Å². The van der Waals surface area contributed by atoms with Gasteiger partial charge in [0.15, 0.2) is 0 Å². The Kier molecular flexibility index (Phi) is 6.79. The molecule has 0 saturated heterocycles. The number of rotatable bonds is 9. The number of carbonyl (C=O) groups excluding carboxylic acids is 2. The number of hydrogen-bond donors (Lipinski definition) is 1. The molecular formula is C19H25F5O8S. The fraction of sp³-hybridized carbons (Fsp3) is 0.895. The van der Waals surface area contributed by atoms with Crippen molar-refractivity contribution in [2.24, 2.45) is 23.2 Å². The summed E-state index contributed by atoms with van der Waals surface area (Å²) in [6.45, 7) is -1.10. The Hall–Kier alpha value is -1.54. The number of hydrogen-bond acceptors (Lipinski definition) is 7. The highest BCUT2D eigenvalue weighted by molar-refractivity contribution is 7.86. The van der Waals surface area contributed by atoms with Crippen LogP contribution in [0.4, 0.5) is 22.0 Å². The number of alkyl halides is 5. The van der Waals surface area contributed by atoms with Crippen molar-refractivity contribution in [1.29, 1.82) is 0 Å². The predicted molar refractivity (Wildman–Crippen MR) is 99.2 cm³/mol. The van der Waals surface area contributed by atoms with Gasteiger partial charge in [0.1, 0.15) is 0 Å².